The molecule has 0 amide bonds. The van der Waals surface area contributed by atoms with Gasteiger partial charge in [-0.3, -0.25) is 9.56 Å². The summed E-state index contributed by atoms with van der Waals surface area (Å²) in [5.41, 5.74) is 3.59. The number of benzene rings is 2. The number of aromatic hydroxyl groups is 1. The highest BCUT2D eigenvalue weighted by atomic mass is 32.1. The number of thiazole rings is 1. The van der Waals surface area contributed by atoms with E-state index in [1.807, 2.05) is 30.3 Å². The third-order valence-electron chi connectivity index (χ3n) is 4.03. The number of hydrogen-bond acceptors (Lipinski definition) is 5. The van der Waals surface area contributed by atoms with Crippen molar-refractivity contribution in [2.45, 2.75) is 0 Å². The number of para-hydroxylation sites is 1. The highest BCUT2D eigenvalue weighted by Crippen LogP contribution is 2.36. The summed E-state index contributed by atoms with van der Waals surface area (Å²) in [6, 6.07) is 14.0. The fraction of sp³-hybridized carbons (Fsp3) is 0. The SMILES string of the molecule is O=C(O)c1ccc(-n2c(O)c(C=C3C=Nc4ccccc43)sc2=S)cc1. The highest BCUT2D eigenvalue weighted by molar-refractivity contribution is 7.73. The fourth-order valence-electron chi connectivity index (χ4n) is 2.75. The Morgan fingerprint density at radius 1 is 1.15 bits per heavy atom. The zero-order valence-corrected chi connectivity index (χ0v) is 14.9. The summed E-state index contributed by atoms with van der Waals surface area (Å²) in [5, 5.41) is 19.7. The third kappa shape index (κ3) is 2.77. The van der Waals surface area contributed by atoms with E-state index < -0.39 is 5.97 Å². The second-order valence-corrected chi connectivity index (χ2v) is 7.29. The second kappa shape index (κ2) is 6.36. The van der Waals surface area contributed by atoms with Crippen LogP contribution in [-0.2, 0) is 0 Å². The number of aromatic nitrogens is 1. The minimum Gasteiger partial charge on any atom is -0.493 e. The molecule has 0 saturated heterocycles. The fourth-order valence-corrected chi connectivity index (χ4v) is 4.05. The lowest BCUT2D eigenvalue weighted by Gasteiger charge is -2.05. The number of fused-ring (bicyclic) bond motifs is 1. The van der Waals surface area contributed by atoms with Gasteiger partial charge in [-0.25, -0.2) is 4.79 Å². The molecule has 4 rings (SSSR count). The van der Waals surface area contributed by atoms with Crippen LogP contribution in [0.15, 0.2) is 53.5 Å². The molecule has 26 heavy (non-hydrogen) atoms. The lowest BCUT2D eigenvalue weighted by atomic mass is 10.1. The van der Waals surface area contributed by atoms with Gasteiger partial charge in [-0.05, 0) is 48.6 Å². The Hall–Kier alpha value is -3.03. The van der Waals surface area contributed by atoms with Gasteiger partial charge in [0.15, 0.2) is 3.95 Å². The Bertz CT molecular complexity index is 1140. The Morgan fingerprint density at radius 3 is 2.62 bits per heavy atom. The third-order valence-corrected chi connectivity index (χ3v) is 5.34. The van der Waals surface area contributed by atoms with Crippen LogP contribution in [0.4, 0.5) is 5.69 Å². The first-order chi connectivity index (χ1) is 12.5. The molecule has 3 aromatic rings. The Balaban J connectivity index is 1.77. The van der Waals surface area contributed by atoms with Gasteiger partial charge in [-0.15, -0.1) is 11.3 Å². The minimum absolute atomic E-state index is 0.0216. The van der Waals surface area contributed by atoms with E-state index in [1.54, 1.807) is 18.3 Å². The van der Waals surface area contributed by atoms with Crippen molar-refractivity contribution in [3.05, 3.63) is 68.5 Å². The van der Waals surface area contributed by atoms with Crippen LogP contribution >= 0.6 is 23.6 Å². The first-order valence-electron chi connectivity index (χ1n) is 7.68. The van der Waals surface area contributed by atoms with Crippen molar-refractivity contribution in [2.75, 3.05) is 0 Å². The van der Waals surface area contributed by atoms with Crippen molar-refractivity contribution in [3.8, 4) is 11.6 Å². The van der Waals surface area contributed by atoms with Gasteiger partial charge in [0.2, 0.25) is 5.88 Å². The number of carboxylic acids is 1. The van der Waals surface area contributed by atoms with Crippen molar-refractivity contribution in [2.24, 2.45) is 4.99 Å². The van der Waals surface area contributed by atoms with E-state index in [1.165, 1.54) is 28.0 Å². The molecule has 2 heterocycles. The Kier molecular flexibility index (Phi) is 4.02. The van der Waals surface area contributed by atoms with E-state index in [2.05, 4.69) is 4.99 Å². The number of hydrogen-bond donors (Lipinski definition) is 2. The molecule has 0 spiro atoms. The summed E-state index contributed by atoms with van der Waals surface area (Å²) in [6.45, 7) is 0. The van der Waals surface area contributed by atoms with E-state index in [4.69, 9.17) is 17.3 Å². The number of rotatable bonds is 3. The molecule has 1 aliphatic rings. The summed E-state index contributed by atoms with van der Waals surface area (Å²) in [7, 11) is 0. The lowest BCUT2D eigenvalue weighted by Crippen LogP contribution is -1.98. The molecule has 0 aliphatic carbocycles. The van der Waals surface area contributed by atoms with E-state index in [0.29, 0.717) is 14.5 Å². The molecule has 0 unspecified atom stereocenters. The largest absolute Gasteiger partial charge is 0.493 e. The number of aromatic carboxylic acids is 1. The molecule has 2 aromatic carbocycles. The molecular formula is C19H12N2O3S2. The first kappa shape index (κ1) is 16.4. The van der Waals surface area contributed by atoms with Crippen LogP contribution in [0.3, 0.4) is 0 Å². The Labute approximate surface area is 157 Å². The quantitative estimate of drug-likeness (QED) is 0.632. The summed E-state index contributed by atoms with van der Waals surface area (Å²) in [4.78, 5) is 16.0. The maximum atomic E-state index is 11.0. The van der Waals surface area contributed by atoms with Gasteiger partial charge in [0.1, 0.15) is 0 Å². The molecule has 0 bridgehead atoms. The van der Waals surface area contributed by atoms with Crippen molar-refractivity contribution < 1.29 is 15.0 Å². The summed E-state index contributed by atoms with van der Waals surface area (Å²) < 4.78 is 2.00. The highest BCUT2D eigenvalue weighted by Gasteiger charge is 2.16. The van der Waals surface area contributed by atoms with Gasteiger partial charge in [0.05, 0.1) is 21.8 Å². The first-order valence-corrected chi connectivity index (χ1v) is 8.91. The summed E-state index contributed by atoms with van der Waals surface area (Å²) in [5.74, 6) is -0.979. The minimum atomic E-state index is -1.00. The standard InChI is InChI=1S/C19H12N2O3S2/c22-17-16(9-12-10-20-15-4-2-1-3-14(12)15)26-19(25)21(17)13-7-5-11(6-8-13)18(23)24/h1-10,22H,(H,23,24). The molecule has 5 nitrogen and oxygen atoms in total. The lowest BCUT2D eigenvalue weighted by molar-refractivity contribution is 0.0697. The van der Waals surface area contributed by atoms with Crippen LogP contribution in [0.5, 0.6) is 5.88 Å². The molecule has 0 radical (unpaired) electrons. The van der Waals surface area contributed by atoms with Crippen LogP contribution in [-0.4, -0.2) is 27.0 Å². The van der Waals surface area contributed by atoms with Crippen LogP contribution in [0.2, 0.25) is 0 Å². The van der Waals surface area contributed by atoms with Crippen molar-refractivity contribution >= 4 is 53.1 Å². The van der Waals surface area contributed by atoms with Gasteiger partial charge in [-0.2, -0.15) is 0 Å². The molecule has 128 valence electrons. The monoisotopic (exact) mass is 380 g/mol. The van der Waals surface area contributed by atoms with Gasteiger partial charge < -0.3 is 10.2 Å². The molecule has 0 atom stereocenters. The van der Waals surface area contributed by atoms with Gasteiger partial charge in [0, 0.05) is 17.4 Å². The molecule has 2 N–H and O–H groups in total. The van der Waals surface area contributed by atoms with Crippen LogP contribution in [0.1, 0.15) is 20.8 Å². The van der Waals surface area contributed by atoms with Crippen molar-refractivity contribution in [1.29, 1.82) is 0 Å². The smallest absolute Gasteiger partial charge is 0.335 e. The molecule has 0 fully saturated rings. The van der Waals surface area contributed by atoms with Crippen LogP contribution in [0.25, 0.3) is 17.3 Å². The van der Waals surface area contributed by atoms with Crippen molar-refractivity contribution in [1.82, 2.24) is 4.57 Å². The maximum Gasteiger partial charge on any atom is 0.335 e. The predicted octanol–water partition coefficient (Wildman–Crippen LogP) is 4.93. The van der Waals surface area contributed by atoms with E-state index in [9.17, 15) is 9.90 Å². The van der Waals surface area contributed by atoms with Gasteiger partial charge >= 0.3 is 5.97 Å². The normalized spacial score (nSPS) is 13.9. The molecule has 1 aromatic heterocycles. The summed E-state index contributed by atoms with van der Waals surface area (Å²) >= 11 is 6.67. The van der Waals surface area contributed by atoms with E-state index >= 15 is 0 Å². The molecule has 1 aliphatic heterocycles. The number of nitrogens with zero attached hydrogens (tertiary/aromatic N) is 2. The molecular weight excluding hydrogens is 368 g/mol. The average Bonchev–Trinajstić information content (AvgIpc) is 3.16. The van der Waals surface area contributed by atoms with Gasteiger partial charge in [-0.1, -0.05) is 18.2 Å². The topological polar surface area (TPSA) is 74.8 Å². The maximum absolute atomic E-state index is 11.0. The Morgan fingerprint density at radius 2 is 1.88 bits per heavy atom. The van der Waals surface area contributed by atoms with Gasteiger partial charge in [0.25, 0.3) is 0 Å². The number of carboxylic acid groups (broad SMARTS) is 1. The molecule has 7 heteroatoms. The van der Waals surface area contributed by atoms with Crippen LogP contribution in [0, 0.1) is 3.95 Å². The number of carbonyl (C=O) groups is 1. The summed E-state index contributed by atoms with van der Waals surface area (Å²) in [6.07, 6.45) is 3.62. The van der Waals surface area contributed by atoms with Crippen LogP contribution < -0.4 is 0 Å². The number of aliphatic imine (C=N–C) groups is 1. The average molecular weight is 380 g/mol. The zero-order chi connectivity index (χ0) is 18.3. The zero-order valence-electron chi connectivity index (χ0n) is 13.3. The number of allylic oxidation sites excluding steroid dienone is 1. The van der Waals surface area contributed by atoms with E-state index in [0.717, 1.165) is 16.8 Å². The second-order valence-electron chi connectivity index (χ2n) is 5.62. The molecule has 0 saturated carbocycles. The van der Waals surface area contributed by atoms with E-state index in [-0.39, 0.29) is 11.4 Å². The predicted molar refractivity (Wildman–Crippen MR) is 106 cm³/mol. The van der Waals surface area contributed by atoms with Crippen molar-refractivity contribution in [3.63, 3.8) is 0 Å².